The average Bonchev–Trinajstić information content (AvgIpc) is 1.61. The van der Waals surface area contributed by atoms with E-state index in [4.69, 9.17) is 0 Å². The summed E-state index contributed by atoms with van der Waals surface area (Å²) >= 11 is 0. The van der Waals surface area contributed by atoms with Crippen LogP contribution in [-0.2, 0) is 4.79 Å². The second-order valence-electron chi connectivity index (χ2n) is 1.16. The molecular formula is C5H10FO2-. The molecule has 0 bridgehead atoms. The minimum atomic E-state index is -1.18. The Morgan fingerprint density at radius 3 is 2.25 bits per heavy atom. The number of hydrogen-bond acceptors (Lipinski definition) is 2. The summed E-state index contributed by atoms with van der Waals surface area (Å²) in [4.78, 5) is 9.48. The molecule has 0 spiro atoms. The molecule has 0 aromatic heterocycles. The fourth-order valence-corrected chi connectivity index (χ4v) is 0.211. The van der Waals surface area contributed by atoms with Gasteiger partial charge in [0.15, 0.2) is 0 Å². The van der Waals surface area contributed by atoms with Crippen molar-refractivity contribution in [3.63, 3.8) is 0 Å². The summed E-state index contributed by atoms with van der Waals surface area (Å²) in [5, 5.41) is 9.48. The molecule has 3 heteroatoms. The summed E-state index contributed by atoms with van der Waals surface area (Å²) in [6, 6.07) is 0. The molecule has 0 amide bonds. The standard InChI is InChI=1S/C4H7FO2.CH4/c5-3-1-2-4(6)7;/h1-3H2,(H,6,7);1H4/p-1. The quantitative estimate of drug-likeness (QED) is 0.532. The zero-order valence-corrected chi connectivity index (χ0v) is 3.82. The zero-order valence-electron chi connectivity index (χ0n) is 3.82. The monoisotopic (exact) mass is 121 g/mol. The Kier molecular flexibility index (Phi) is 8.32. The van der Waals surface area contributed by atoms with Crippen LogP contribution in [0.2, 0.25) is 0 Å². The Morgan fingerprint density at radius 2 is 2.12 bits per heavy atom. The van der Waals surface area contributed by atoms with Gasteiger partial charge >= 0.3 is 0 Å². The van der Waals surface area contributed by atoms with Crippen molar-refractivity contribution in [3.05, 3.63) is 0 Å². The number of carboxylic acids is 1. The van der Waals surface area contributed by atoms with Crippen LogP contribution < -0.4 is 5.11 Å². The summed E-state index contributed by atoms with van der Waals surface area (Å²) in [5.74, 6) is -1.18. The minimum absolute atomic E-state index is 0. The van der Waals surface area contributed by atoms with Crippen LogP contribution >= 0.6 is 0 Å². The Labute approximate surface area is 48.3 Å². The zero-order chi connectivity index (χ0) is 5.70. The summed E-state index contributed by atoms with van der Waals surface area (Å²) in [5.41, 5.74) is 0. The number of aliphatic carboxylic acids is 1. The van der Waals surface area contributed by atoms with Crippen molar-refractivity contribution >= 4 is 5.97 Å². The Morgan fingerprint density at radius 1 is 1.62 bits per heavy atom. The van der Waals surface area contributed by atoms with E-state index >= 15 is 0 Å². The third kappa shape index (κ3) is 9.04. The molecule has 0 aliphatic rings. The van der Waals surface area contributed by atoms with Crippen molar-refractivity contribution in [1.29, 1.82) is 0 Å². The van der Waals surface area contributed by atoms with Crippen LogP contribution in [0.15, 0.2) is 0 Å². The molecule has 0 aliphatic heterocycles. The fraction of sp³-hybridized carbons (Fsp3) is 0.800. The van der Waals surface area contributed by atoms with Gasteiger partial charge in [-0.3, -0.25) is 4.39 Å². The highest BCUT2D eigenvalue weighted by Crippen LogP contribution is 1.84. The number of hydrogen-bond donors (Lipinski definition) is 0. The van der Waals surface area contributed by atoms with Crippen LogP contribution in [0.5, 0.6) is 0 Å². The van der Waals surface area contributed by atoms with E-state index in [0.29, 0.717) is 0 Å². The maximum atomic E-state index is 11.1. The van der Waals surface area contributed by atoms with Crippen molar-refractivity contribution in [3.8, 4) is 0 Å². The predicted molar refractivity (Wildman–Crippen MR) is 26.9 cm³/mol. The lowest BCUT2D eigenvalue weighted by Gasteiger charge is -1.94. The first-order valence-electron chi connectivity index (χ1n) is 2.03. The maximum Gasteiger partial charge on any atom is 0.0898 e. The van der Waals surface area contributed by atoms with Crippen molar-refractivity contribution < 1.29 is 14.3 Å². The molecule has 0 aromatic carbocycles. The van der Waals surface area contributed by atoms with E-state index in [1.54, 1.807) is 0 Å². The topological polar surface area (TPSA) is 40.1 Å². The lowest BCUT2D eigenvalue weighted by Crippen LogP contribution is -2.21. The molecule has 0 radical (unpaired) electrons. The second-order valence-corrected chi connectivity index (χ2v) is 1.16. The van der Waals surface area contributed by atoms with Gasteiger partial charge in [0.2, 0.25) is 0 Å². The molecule has 0 N–H and O–H groups in total. The first-order valence-corrected chi connectivity index (χ1v) is 2.03. The molecule has 0 atom stereocenters. The van der Waals surface area contributed by atoms with Gasteiger partial charge in [0.25, 0.3) is 0 Å². The molecule has 0 rings (SSSR count). The van der Waals surface area contributed by atoms with Gasteiger partial charge in [0.1, 0.15) is 0 Å². The Bertz CT molecular complexity index is 63.4. The normalized spacial score (nSPS) is 7.62. The van der Waals surface area contributed by atoms with Crippen LogP contribution in [0, 0.1) is 0 Å². The number of alkyl halides is 1. The molecule has 50 valence electrons. The molecule has 8 heavy (non-hydrogen) atoms. The molecule has 0 aromatic rings. The lowest BCUT2D eigenvalue weighted by atomic mass is 10.3. The van der Waals surface area contributed by atoms with Crippen molar-refractivity contribution in [2.24, 2.45) is 0 Å². The molecular weight excluding hydrogens is 111 g/mol. The third-order valence-electron chi connectivity index (χ3n) is 0.515. The van der Waals surface area contributed by atoms with Gasteiger partial charge in [0.05, 0.1) is 6.67 Å². The highest BCUT2D eigenvalue weighted by atomic mass is 19.1. The van der Waals surface area contributed by atoms with Gasteiger partial charge in [0, 0.05) is 5.97 Å². The van der Waals surface area contributed by atoms with E-state index in [-0.39, 0.29) is 20.3 Å². The van der Waals surface area contributed by atoms with Gasteiger partial charge in [-0.1, -0.05) is 7.43 Å². The lowest BCUT2D eigenvalue weighted by molar-refractivity contribution is -0.305. The predicted octanol–water partition coefficient (Wildman–Crippen LogP) is 0.122. The fourth-order valence-electron chi connectivity index (χ4n) is 0.211. The molecule has 0 unspecified atom stereocenters. The number of halogens is 1. The van der Waals surface area contributed by atoms with Gasteiger partial charge in [-0.2, -0.15) is 0 Å². The van der Waals surface area contributed by atoms with E-state index < -0.39 is 12.6 Å². The molecule has 0 saturated carbocycles. The van der Waals surface area contributed by atoms with Crippen LogP contribution in [0.1, 0.15) is 20.3 Å². The summed E-state index contributed by atoms with van der Waals surface area (Å²) in [6.07, 6.45) is -0.0984. The maximum absolute atomic E-state index is 11.1. The molecule has 0 heterocycles. The Hall–Kier alpha value is -0.600. The first kappa shape index (κ1) is 10.4. The number of carbonyl (C=O) groups is 1. The molecule has 2 nitrogen and oxygen atoms in total. The first-order chi connectivity index (χ1) is 3.27. The van der Waals surface area contributed by atoms with Crippen LogP contribution in [0.4, 0.5) is 4.39 Å². The van der Waals surface area contributed by atoms with Crippen LogP contribution in [0.25, 0.3) is 0 Å². The minimum Gasteiger partial charge on any atom is -0.550 e. The van der Waals surface area contributed by atoms with E-state index in [1.165, 1.54) is 0 Å². The SMILES string of the molecule is C.O=C([O-])CCCF. The number of carbonyl (C=O) groups excluding carboxylic acids is 1. The number of carboxylic acid groups (broad SMARTS) is 1. The van der Waals surface area contributed by atoms with Crippen molar-refractivity contribution in [1.82, 2.24) is 0 Å². The van der Waals surface area contributed by atoms with Gasteiger partial charge < -0.3 is 9.90 Å². The van der Waals surface area contributed by atoms with Crippen molar-refractivity contribution in [2.45, 2.75) is 20.3 Å². The summed E-state index contributed by atoms with van der Waals surface area (Å²) in [7, 11) is 0. The van der Waals surface area contributed by atoms with E-state index in [9.17, 15) is 14.3 Å². The summed E-state index contributed by atoms with van der Waals surface area (Å²) < 4.78 is 11.1. The van der Waals surface area contributed by atoms with Crippen LogP contribution in [-0.4, -0.2) is 12.6 Å². The smallest absolute Gasteiger partial charge is 0.0898 e. The van der Waals surface area contributed by atoms with Gasteiger partial charge in [-0.15, -0.1) is 0 Å². The van der Waals surface area contributed by atoms with E-state index in [0.717, 1.165) is 0 Å². The Balaban J connectivity index is 0. The van der Waals surface area contributed by atoms with E-state index in [1.807, 2.05) is 0 Å². The van der Waals surface area contributed by atoms with Gasteiger partial charge in [-0.05, 0) is 12.8 Å². The average molecular weight is 121 g/mol. The molecule has 0 fully saturated rings. The highest BCUT2D eigenvalue weighted by molar-refractivity contribution is 5.64. The summed E-state index contributed by atoms with van der Waals surface area (Å²) in [6.45, 7) is -0.575. The largest absolute Gasteiger partial charge is 0.550 e. The molecule has 0 aliphatic carbocycles. The third-order valence-corrected chi connectivity index (χ3v) is 0.515. The highest BCUT2D eigenvalue weighted by Gasteiger charge is 1.82. The van der Waals surface area contributed by atoms with E-state index in [2.05, 4.69) is 0 Å². The van der Waals surface area contributed by atoms with Crippen LogP contribution in [0.3, 0.4) is 0 Å². The van der Waals surface area contributed by atoms with Crippen molar-refractivity contribution in [2.75, 3.05) is 6.67 Å². The second kappa shape index (κ2) is 6.40. The molecule has 0 saturated heterocycles. The number of rotatable bonds is 3. The van der Waals surface area contributed by atoms with Gasteiger partial charge in [-0.25, -0.2) is 0 Å².